The first-order valence-corrected chi connectivity index (χ1v) is 5.72. The number of carboxylic acid groups (broad SMARTS) is 1. The van der Waals surface area contributed by atoms with Crippen LogP contribution in [-0.4, -0.2) is 46.5 Å². The maximum absolute atomic E-state index is 11.8. The zero-order valence-corrected chi connectivity index (χ0v) is 9.26. The van der Waals surface area contributed by atoms with E-state index in [0.717, 1.165) is 11.5 Å². The summed E-state index contributed by atoms with van der Waals surface area (Å²) in [4.78, 5) is 24.3. The number of rotatable bonds is 2. The van der Waals surface area contributed by atoms with Crippen LogP contribution >= 0.6 is 11.8 Å². The van der Waals surface area contributed by atoms with Gasteiger partial charge in [0, 0.05) is 24.6 Å². The van der Waals surface area contributed by atoms with Crippen molar-refractivity contribution in [3.05, 3.63) is 0 Å². The van der Waals surface area contributed by atoms with E-state index in [9.17, 15) is 9.59 Å². The van der Waals surface area contributed by atoms with Crippen molar-refractivity contribution in [3.8, 4) is 0 Å². The van der Waals surface area contributed by atoms with Gasteiger partial charge >= 0.3 is 5.97 Å². The number of carbonyl (C=O) groups is 2. The highest BCUT2D eigenvalue weighted by molar-refractivity contribution is 7.99. The number of thioether (sulfide) groups is 1. The van der Waals surface area contributed by atoms with E-state index in [2.05, 4.69) is 0 Å². The van der Waals surface area contributed by atoms with Crippen molar-refractivity contribution in [1.29, 1.82) is 0 Å². The van der Waals surface area contributed by atoms with Crippen molar-refractivity contribution in [2.45, 2.75) is 13.8 Å². The Bertz CT molecular complexity index is 246. The molecule has 0 saturated carbocycles. The van der Waals surface area contributed by atoms with Gasteiger partial charge in [0.1, 0.15) is 5.41 Å². The lowest BCUT2D eigenvalue weighted by atomic mass is 9.92. The fourth-order valence-corrected chi connectivity index (χ4v) is 2.16. The molecule has 0 atom stereocenters. The minimum absolute atomic E-state index is 0.273. The topological polar surface area (TPSA) is 57.6 Å². The van der Waals surface area contributed by atoms with Gasteiger partial charge in [0.15, 0.2) is 0 Å². The van der Waals surface area contributed by atoms with Gasteiger partial charge in [0.05, 0.1) is 0 Å². The summed E-state index contributed by atoms with van der Waals surface area (Å²) in [6, 6.07) is 0. The fourth-order valence-electron chi connectivity index (χ4n) is 1.25. The van der Waals surface area contributed by atoms with Crippen LogP contribution in [0.4, 0.5) is 0 Å². The van der Waals surface area contributed by atoms with Crippen molar-refractivity contribution >= 4 is 23.6 Å². The van der Waals surface area contributed by atoms with E-state index in [0.29, 0.717) is 13.1 Å². The van der Waals surface area contributed by atoms with Crippen LogP contribution in [0.2, 0.25) is 0 Å². The molecule has 1 saturated heterocycles. The minimum Gasteiger partial charge on any atom is -0.480 e. The lowest BCUT2D eigenvalue weighted by Crippen LogP contribution is -2.48. The molecule has 0 aromatic rings. The van der Waals surface area contributed by atoms with Crippen LogP contribution in [0.5, 0.6) is 0 Å². The van der Waals surface area contributed by atoms with Crippen LogP contribution in [-0.2, 0) is 9.59 Å². The molecule has 1 heterocycles. The Morgan fingerprint density at radius 1 is 1.29 bits per heavy atom. The average molecular weight is 217 g/mol. The second-order valence-electron chi connectivity index (χ2n) is 3.83. The van der Waals surface area contributed by atoms with Crippen molar-refractivity contribution in [3.63, 3.8) is 0 Å². The molecular formula is C9H15NO3S. The van der Waals surface area contributed by atoms with Gasteiger partial charge in [-0.2, -0.15) is 11.8 Å². The molecule has 0 aromatic carbocycles. The lowest BCUT2D eigenvalue weighted by Gasteiger charge is -2.31. The molecule has 1 fully saturated rings. The van der Waals surface area contributed by atoms with Crippen LogP contribution in [0.1, 0.15) is 13.8 Å². The second kappa shape index (κ2) is 4.21. The molecule has 1 rings (SSSR count). The Hall–Kier alpha value is -0.710. The third-order valence-corrected chi connectivity index (χ3v) is 3.31. The van der Waals surface area contributed by atoms with Gasteiger partial charge in [0.25, 0.3) is 0 Å². The van der Waals surface area contributed by atoms with E-state index >= 15 is 0 Å². The molecule has 0 bridgehead atoms. The Kier molecular flexibility index (Phi) is 3.42. The number of hydrogen-bond donors (Lipinski definition) is 1. The first-order valence-electron chi connectivity index (χ1n) is 4.57. The highest BCUT2D eigenvalue weighted by atomic mass is 32.2. The van der Waals surface area contributed by atoms with Gasteiger partial charge in [-0.1, -0.05) is 0 Å². The standard InChI is InChI=1S/C9H15NO3S/c1-9(2,8(12)13)7(11)10-3-5-14-6-4-10/h3-6H2,1-2H3,(H,12,13). The monoisotopic (exact) mass is 217 g/mol. The highest BCUT2D eigenvalue weighted by Crippen LogP contribution is 2.21. The highest BCUT2D eigenvalue weighted by Gasteiger charge is 2.39. The van der Waals surface area contributed by atoms with Crippen LogP contribution in [0.15, 0.2) is 0 Å². The molecule has 1 aliphatic heterocycles. The van der Waals surface area contributed by atoms with Crippen LogP contribution in [0.25, 0.3) is 0 Å². The lowest BCUT2D eigenvalue weighted by molar-refractivity contribution is -0.158. The summed E-state index contributed by atoms with van der Waals surface area (Å²) in [5, 5.41) is 8.89. The maximum atomic E-state index is 11.8. The third kappa shape index (κ3) is 2.20. The van der Waals surface area contributed by atoms with E-state index in [1.54, 1.807) is 16.7 Å². The van der Waals surface area contributed by atoms with Crippen molar-refractivity contribution < 1.29 is 14.7 Å². The SMILES string of the molecule is CC(C)(C(=O)O)C(=O)N1CCSCC1. The normalized spacial score (nSPS) is 18.0. The largest absolute Gasteiger partial charge is 0.480 e. The summed E-state index contributed by atoms with van der Waals surface area (Å²) in [6.45, 7) is 4.25. The summed E-state index contributed by atoms with van der Waals surface area (Å²) >= 11 is 1.79. The number of aliphatic carboxylic acids is 1. The second-order valence-corrected chi connectivity index (χ2v) is 5.06. The van der Waals surface area contributed by atoms with E-state index in [-0.39, 0.29) is 5.91 Å². The fraction of sp³-hybridized carbons (Fsp3) is 0.778. The van der Waals surface area contributed by atoms with Crippen molar-refractivity contribution in [2.24, 2.45) is 5.41 Å². The van der Waals surface area contributed by atoms with E-state index in [1.165, 1.54) is 13.8 Å². The summed E-state index contributed by atoms with van der Waals surface area (Å²) in [7, 11) is 0. The molecule has 1 aliphatic rings. The molecule has 1 amide bonds. The summed E-state index contributed by atoms with van der Waals surface area (Å²) < 4.78 is 0. The molecule has 0 aliphatic carbocycles. The predicted octanol–water partition coefficient (Wildman–Crippen LogP) is 0.673. The van der Waals surface area contributed by atoms with Gasteiger partial charge in [0.2, 0.25) is 5.91 Å². The maximum Gasteiger partial charge on any atom is 0.318 e. The molecule has 0 radical (unpaired) electrons. The van der Waals surface area contributed by atoms with Crippen LogP contribution in [0, 0.1) is 5.41 Å². The number of carbonyl (C=O) groups excluding carboxylic acids is 1. The zero-order valence-electron chi connectivity index (χ0n) is 8.45. The quantitative estimate of drug-likeness (QED) is 0.691. The predicted molar refractivity (Wildman–Crippen MR) is 55.3 cm³/mol. The molecular weight excluding hydrogens is 202 g/mol. The van der Waals surface area contributed by atoms with E-state index < -0.39 is 11.4 Å². The van der Waals surface area contributed by atoms with Gasteiger partial charge in [-0.25, -0.2) is 0 Å². The number of amides is 1. The Balaban J connectivity index is 2.67. The van der Waals surface area contributed by atoms with E-state index in [4.69, 9.17) is 5.11 Å². The molecule has 0 unspecified atom stereocenters. The molecule has 14 heavy (non-hydrogen) atoms. The minimum atomic E-state index is -1.29. The zero-order chi connectivity index (χ0) is 10.8. The smallest absolute Gasteiger partial charge is 0.318 e. The van der Waals surface area contributed by atoms with Crippen LogP contribution < -0.4 is 0 Å². The molecule has 0 spiro atoms. The third-order valence-electron chi connectivity index (χ3n) is 2.37. The van der Waals surface area contributed by atoms with Crippen molar-refractivity contribution in [2.75, 3.05) is 24.6 Å². The van der Waals surface area contributed by atoms with Gasteiger partial charge in [-0.3, -0.25) is 9.59 Å². The van der Waals surface area contributed by atoms with Gasteiger partial charge < -0.3 is 10.0 Å². The Morgan fingerprint density at radius 2 is 1.79 bits per heavy atom. The van der Waals surface area contributed by atoms with Gasteiger partial charge in [-0.05, 0) is 13.8 Å². The number of nitrogens with zero attached hydrogens (tertiary/aromatic N) is 1. The molecule has 0 aromatic heterocycles. The number of hydrogen-bond acceptors (Lipinski definition) is 3. The van der Waals surface area contributed by atoms with Crippen molar-refractivity contribution in [1.82, 2.24) is 4.90 Å². The average Bonchev–Trinajstić information content (AvgIpc) is 2.17. The summed E-state index contributed by atoms with van der Waals surface area (Å²) in [5.41, 5.74) is -1.29. The first kappa shape index (κ1) is 11.4. The number of carboxylic acids is 1. The first-order chi connectivity index (χ1) is 6.46. The Morgan fingerprint density at radius 3 is 2.21 bits per heavy atom. The summed E-state index contributed by atoms with van der Waals surface area (Å²) in [6.07, 6.45) is 0. The van der Waals surface area contributed by atoms with Gasteiger partial charge in [-0.15, -0.1) is 0 Å². The molecule has 4 nitrogen and oxygen atoms in total. The van der Waals surface area contributed by atoms with Crippen LogP contribution in [0.3, 0.4) is 0 Å². The van der Waals surface area contributed by atoms with E-state index in [1.807, 2.05) is 0 Å². The Labute approximate surface area is 87.7 Å². The molecule has 5 heteroatoms. The molecule has 80 valence electrons. The summed E-state index contributed by atoms with van der Waals surface area (Å²) in [5.74, 6) is 0.481. The molecule has 1 N–H and O–H groups in total.